The largest absolute Gasteiger partial charge is 0.311 e. The van der Waals surface area contributed by atoms with E-state index in [-0.39, 0.29) is 5.91 Å². The Kier molecular flexibility index (Phi) is 5.78. The molecule has 2 aromatic heterocycles. The Bertz CT molecular complexity index is 957. The molecule has 146 valence electrons. The Hall–Kier alpha value is -2.18. The maximum atomic E-state index is 12.4. The van der Waals surface area contributed by atoms with Crippen LogP contribution in [0.2, 0.25) is 5.02 Å². The molecule has 4 rings (SSSR count). The summed E-state index contributed by atoms with van der Waals surface area (Å²) in [6, 6.07) is 9.48. The number of nitrogens with one attached hydrogen (secondary N) is 1. The first kappa shape index (κ1) is 19.2. The van der Waals surface area contributed by atoms with Gasteiger partial charge in [0.2, 0.25) is 11.0 Å². The molecule has 1 aliphatic rings. The average Bonchev–Trinajstić information content (AvgIpc) is 3.41. The Balaban J connectivity index is 1.48. The summed E-state index contributed by atoms with van der Waals surface area (Å²) in [5, 5.41) is 11.0. The lowest BCUT2D eigenvalue weighted by Gasteiger charge is -2.09. The molecule has 1 aromatic carbocycles. The fourth-order valence-corrected chi connectivity index (χ4v) is 4.61. The van der Waals surface area contributed by atoms with E-state index in [0.29, 0.717) is 23.2 Å². The van der Waals surface area contributed by atoms with Gasteiger partial charge in [0, 0.05) is 28.5 Å². The van der Waals surface area contributed by atoms with Crippen molar-refractivity contribution in [1.29, 1.82) is 0 Å². The molecule has 2 heterocycles. The van der Waals surface area contributed by atoms with Crippen molar-refractivity contribution in [3.63, 3.8) is 0 Å². The number of hydrogen-bond donors (Lipinski definition) is 1. The van der Waals surface area contributed by atoms with Crippen molar-refractivity contribution in [2.45, 2.75) is 45.4 Å². The van der Waals surface area contributed by atoms with Crippen LogP contribution in [0.25, 0.3) is 16.4 Å². The Morgan fingerprint density at radius 3 is 2.79 bits per heavy atom. The van der Waals surface area contributed by atoms with Crippen LogP contribution in [0.15, 0.2) is 35.7 Å². The molecule has 1 amide bonds. The number of carbonyl (C=O) groups is 1. The molecule has 28 heavy (non-hydrogen) atoms. The average molecular weight is 415 g/mol. The van der Waals surface area contributed by atoms with E-state index in [9.17, 15) is 4.79 Å². The van der Waals surface area contributed by atoms with Crippen LogP contribution < -0.4 is 5.32 Å². The van der Waals surface area contributed by atoms with Crippen LogP contribution in [-0.2, 0) is 4.79 Å². The number of carbonyl (C=O) groups excluding carboxylic acids is 1. The van der Waals surface area contributed by atoms with Crippen LogP contribution in [0.1, 0.15) is 44.2 Å². The fourth-order valence-electron chi connectivity index (χ4n) is 3.69. The Morgan fingerprint density at radius 2 is 2.04 bits per heavy atom. The van der Waals surface area contributed by atoms with Crippen molar-refractivity contribution in [2.24, 2.45) is 5.92 Å². The molecule has 0 saturated heterocycles. The molecule has 7 heteroatoms. The predicted molar refractivity (Wildman–Crippen MR) is 114 cm³/mol. The van der Waals surface area contributed by atoms with Gasteiger partial charge in [-0.2, -0.15) is 9.78 Å². The minimum absolute atomic E-state index is 0.0440. The number of hydrogen-bond acceptors (Lipinski definition) is 4. The second-order valence-corrected chi connectivity index (χ2v) is 8.62. The smallest absolute Gasteiger partial charge is 0.225 e. The molecule has 1 N–H and O–H groups in total. The topological polar surface area (TPSA) is 59.8 Å². The number of halogens is 1. The van der Waals surface area contributed by atoms with Gasteiger partial charge in [-0.25, -0.2) is 4.98 Å². The lowest BCUT2D eigenvalue weighted by Crippen LogP contribution is -2.15. The van der Waals surface area contributed by atoms with Crippen LogP contribution in [0, 0.1) is 12.8 Å². The molecule has 0 unspecified atom stereocenters. The minimum Gasteiger partial charge on any atom is -0.311 e. The third-order valence-corrected chi connectivity index (χ3v) is 6.23. The van der Waals surface area contributed by atoms with Crippen LogP contribution in [0.5, 0.6) is 0 Å². The normalized spacial score (nSPS) is 14.5. The van der Waals surface area contributed by atoms with Gasteiger partial charge >= 0.3 is 0 Å². The second-order valence-electron chi connectivity index (χ2n) is 7.34. The van der Waals surface area contributed by atoms with Crippen molar-refractivity contribution < 1.29 is 4.79 Å². The van der Waals surface area contributed by atoms with Gasteiger partial charge in [0.05, 0.1) is 11.4 Å². The quantitative estimate of drug-likeness (QED) is 0.549. The lowest BCUT2D eigenvalue weighted by molar-refractivity contribution is -0.116. The summed E-state index contributed by atoms with van der Waals surface area (Å²) < 4.78 is 1.72. The number of thiazole rings is 1. The minimum atomic E-state index is 0.0440. The van der Waals surface area contributed by atoms with E-state index in [0.717, 1.165) is 28.5 Å². The predicted octanol–water partition coefficient (Wildman–Crippen LogP) is 5.87. The number of amides is 1. The zero-order valence-electron chi connectivity index (χ0n) is 15.8. The molecule has 0 radical (unpaired) electrons. The van der Waals surface area contributed by atoms with Gasteiger partial charge in [-0.3, -0.25) is 4.79 Å². The van der Waals surface area contributed by atoms with Crippen LogP contribution in [0.4, 0.5) is 5.82 Å². The molecule has 1 aliphatic carbocycles. The van der Waals surface area contributed by atoms with E-state index in [2.05, 4.69) is 10.4 Å². The molecule has 0 atom stereocenters. The first-order chi connectivity index (χ1) is 13.6. The highest BCUT2D eigenvalue weighted by Crippen LogP contribution is 2.29. The zero-order chi connectivity index (χ0) is 19.5. The number of nitrogens with zero attached hydrogens (tertiary/aromatic N) is 3. The van der Waals surface area contributed by atoms with Crippen molar-refractivity contribution in [2.75, 3.05) is 5.32 Å². The molecule has 3 aromatic rings. The van der Waals surface area contributed by atoms with E-state index < -0.39 is 0 Å². The fraction of sp³-hybridized carbons (Fsp3) is 0.381. The zero-order valence-corrected chi connectivity index (χ0v) is 17.4. The molecule has 1 fully saturated rings. The van der Waals surface area contributed by atoms with Crippen molar-refractivity contribution >= 4 is 34.7 Å². The molecule has 1 saturated carbocycles. The highest BCUT2D eigenvalue weighted by Gasteiger charge is 2.18. The molecular formula is C21H23ClN4OS. The SMILES string of the molecule is Cc1cc(NC(=O)CCC2CCCC2)n(-c2nc(-c3ccc(Cl)cc3)cs2)n1. The summed E-state index contributed by atoms with van der Waals surface area (Å²) in [5.41, 5.74) is 2.70. The van der Waals surface area contributed by atoms with Gasteiger partial charge in [-0.15, -0.1) is 11.3 Å². The summed E-state index contributed by atoms with van der Waals surface area (Å²) in [6.07, 6.45) is 6.66. The van der Waals surface area contributed by atoms with Gasteiger partial charge in [0.15, 0.2) is 0 Å². The van der Waals surface area contributed by atoms with E-state index in [4.69, 9.17) is 16.6 Å². The van der Waals surface area contributed by atoms with Crippen molar-refractivity contribution in [3.8, 4) is 16.4 Å². The van der Waals surface area contributed by atoms with Crippen LogP contribution in [0.3, 0.4) is 0 Å². The van der Waals surface area contributed by atoms with Gasteiger partial charge in [-0.05, 0) is 31.4 Å². The summed E-state index contributed by atoms with van der Waals surface area (Å²) >= 11 is 7.46. The Labute approximate surface area is 173 Å². The molecule has 0 bridgehead atoms. The number of aryl methyl sites for hydroxylation is 1. The third kappa shape index (κ3) is 4.45. The summed E-state index contributed by atoms with van der Waals surface area (Å²) in [7, 11) is 0. The van der Waals surface area contributed by atoms with Crippen molar-refractivity contribution in [1.82, 2.24) is 14.8 Å². The summed E-state index contributed by atoms with van der Waals surface area (Å²) in [5.74, 6) is 1.42. The van der Waals surface area contributed by atoms with Crippen LogP contribution >= 0.6 is 22.9 Å². The second kappa shape index (κ2) is 8.45. The number of aromatic nitrogens is 3. The summed E-state index contributed by atoms with van der Waals surface area (Å²) in [4.78, 5) is 17.1. The Morgan fingerprint density at radius 1 is 1.29 bits per heavy atom. The van der Waals surface area contributed by atoms with Gasteiger partial charge in [-0.1, -0.05) is 49.4 Å². The van der Waals surface area contributed by atoms with Gasteiger partial charge < -0.3 is 5.32 Å². The van der Waals surface area contributed by atoms with Crippen molar-refractivity contribution in [3.05, 3.63) is 46.4 Å². The lowest BCUT2D eigenvalue weighted by atomic mass is 10.0. The number of rotatable bonds is 6. The third-order valence-electron chi connectivity index (χ3n) is 5.17. The standard InChI is InChI=1S/C21H23ClN4OS/c1-14-12-19(24-20(27)11-6-15-4-2-3-5-15)26(25-14)21-23-18(13-28-21)16-7-9-17(22)10-8-16/h7-10,12-13,15H,2-6,11H2,1H3,(H,24,27). The van der Waals surface area contributed by atoms with E-state index in [1.165, 1.54) is 37.0 Å². The number of anilines is 1. The highest BCUT2D eigenvalue weighted by molar-refractivity contribution is 7.12. The van der Waals surface area contributed by atoms with Crippen LogP contribution in [-0.4, -0.2) is 20.7 Å². The van der Waals surface area contributed by atoms with E-state index >= 15 is 0 Å². The van der Waals surface area contributed by atoms with E-state index in [1.54, 1.807) is 4.68 Å². The number of benzene rings is 1. The highest BCUT2D eigenvalue weighted by atomic mass is 35.5. The van der Waals surface area contributed by atoms with Gasteiger partial charge in [0.1, 0.15) is 5.82 Å². The van der Waals surface area contributed by atoms with E-state index in [1.807, 2.05) is 42.6 Å². The maximum Gasteiger partial charge on any atom is 0.225 e. The summed E-state index contributed by atoms with van der Waals surface area (Å²) in [6.45, 7) is 1.92. The molecular weight excluding hydrogens is 392 g/mol. The molecule has 5 nitrogen and oxygen atoms in total. The van der Waals surface area contributed by atoms with Gasteiger partial charge in [0.25, 0.3) is 0 Å². The first-order valence-electron chi connectivity index (χ1n) is 9.67. The monoisotopic (exact) mass is 414 g/mol. The maximum absolute atomic E-state index is 12.4. The molecule has 0 spiro atoms. The molecule has 0 aliphatic heterocycles. The first-order valence-corrected chi connectivity index (χ1v) is 10.9.